The van der Waals surface area contributed by atoms with Crippen LogP contribution in [0.2, 0.25) is 10.0 Å². The van der Waals surface area contributed by atoms with E-state index in [9.17, 15) is 4.79 Å². The predicted molar refractivity (Wildman–Crippen MR) is 158 cm³/mol. The lowest BCUT2D eigenvalue weighted by Gasteiger charge is -2.15. The summed E-state index contributed by atoms with van der Waals surface area (Å²) < 4.78 is 5.89. The quantitative estimate of drug-likeness (QED) is 0.213. The first-order chi connectivity index (χ1) is 18.4. The number of amides is 1. The van der Waals surface area contributed by atoms with E-state index < -0.39 is 0 Å². The number of rotatable bonds is 7. The number of carbonyl (C=O) groups is 1. The maximum Gasteiger partial charge on any atom is 0.267 e. The van der Waals surface area contributed by atoms with Crippen LogP contribution in [0.15, 0.2) is 107 Å². The highest BCUT2D eigenvalue weighted by atomic mass is 35.5. The number of aliphatic imine (C=N–C) groups is 1. The highest BCUT2D eigenvalue weighted by Gasteiger charge is 2.33. The lowest BCUT2D eigenvalue weighted by molar-refractivity contribution is -0.122. The highest BCUT2D eigenvalue weighted by molar-refractivity contribution is 8.18. The number of thioether (sulfide) groups is 1. The van der Waals surface area contributed by atoms with Crippen molar-refractivity contribution in [1.82, 2.24) is 4.90 Å². The van der Waals surface area contributed by atoms with E-state index >= 15 is 0 Å². The van der Waals surface area contributed by atoms with Crippen LogP contribution in [0.5, 0.6) is 5.75 Å². The van der Waals surface area contributed by atoms with Gasteiger partial charge in [-0.25, -0.2) is 4.99 Å². The molecule has 7 heteroatoms. The summed E-state index contributed by atoms with van der Waals surface area (Å²) in [6.07, 6.45) is 1.89. The Hall–Kier alpha value is -3.51. The van der Waals surface area contributed by atoms with Gasteiger partial charge in [0.15, 0.2) is 5.17 Å². The Morgan fingerprint density at radius 3 is 2.37 bits per heavy atom. The number of carbonyl (C=O) groups excluding carboxylic acids is 1. The van der Waals surface area contributed by atoms with Crippen molar-refractivity contribution >= 4 is 57.8 Å². The topological polar surface area (TPSA) is 41.9 Å². The maximum atomic E-state index is 13.5. The lowest BCUT2D eigenvalue weighted by Crippen LogP contribution is -2.28. The van der Waals surface area contributed by atoms with Gasteiger partial charge in [-0.05, 0) is 72.3 Å². The predicted octanol–water partition coefficient (Wildman–Crippen LogP) is 8.69. The van der Waals surface area contributed by atoms with E-state index in [4.69, 9.17) is 32.9 Å². The highest BCUT2D eigenvalue weighted by Crippen LogP contribution is 2.35. The standard InChI is InChI=1S/C31H24Cl2N2O2S/c1-21-7-13-26(14-8-21)34-31-35(19-23-5-3-2-4-6-23)30(36)29(38-31)17-22-9-15-27(16-10-22)37-20-24-11-12-25(32)18-28(24)33/h2-18H,19-20H2,1H3/b29-17+,34-31?. The van der Waals surface area contributed by atoms with E-state index in [1.807, 2.05) is 97.9 Å². The average molecular weight is 560 g/mol. The molecule has 0 bridgehead atoms. The van der Waals surface area contributed by atoms with Gasteiger partial charge in [-0.1, -0.05) is 89.4 Å². The smallest absolute Gasteiger partial charge is 0.267 e. The molecule has 1 saturated heterocycles. The molecule has 0 saturated carbocycles. The molecular formula is C31H24Cl2N2O2S. The molecule has 1 aliphatic heterocycles. The zero-order chi connectivity index (χ0) is 26.5. The Morgan fingerprint density at radius 1 is 0.921 bits per heavy atom. The number of hydrogen-bond acceptors (Lipinski definition) is 4. The first-order valence-corrected chi connectivity index (χ1v) is 13.6. The summed E-state index contributed by atoms with van der Waals surface area (Å²) >= 11 is 13.6. The molecule has 0 unspecified atom stereocenters. The van der Waals surface area contributed by atoms with Crippen molar-refractivity contribution in [1.29, 1.82) is 0 Å². The second-order valence-electron chi connectivity index (χ2n) is 8.81. The molecule has 0 radical (unpaired) electrons. The molecule has 1 fully saturated rings. The first kappa shape index (κ1) is 26.1. The van der Waals surface area contributed by atoms with Gasteiger partial charge in [-0.2, -0.15) is 0 Å². The van der Waals surface area contributed by atoms with Crippen LogP contribution in [-0.2, 0) is 17.9 Å². The molecule has 1 amide bonds. The van der Waals surface area contributed by atoms with E-state index in [2.05, 4.69) is 0 Å². The van der Waals surface area contributed by atoms with E-state index in [-0.39, 0.29) is 5.91 Å². The number of benzene rings is 4. The number of ether oxygens (including phenoxy) is 1. The Labute approximate surface area is 236 Å². The fourth-order valence-corrected chi connectivity index (χ4v) is 5.30. The molecule has 4 aromatic carbocycles. The van der Waals surface area contributed by atoms with E-state index in [0.717, 1.165) is 27.9 Å². The second-order valence-corrected chi connectivity index (χ2v) is 10.7. The van der Waals surface area contributed by atoms with E-state index in [1.165, 1.54) is 11.8 Å². The minimum atomic E-state index is -0.0672. The van der Waals surface area contributed by atoms with Crippen LogP contribution in [-0.4, -0.2) is 16.0 Å². The minimum Gasteiger partial charge on any atom is -0.489 e. The third kappa shape index (κ3) is 6.48. The third-order valence-corrected chi connectivity index (χ3v) is 7.51. The van der Waals surface area contributed by atoms with Gasteiger partial charge >= 0.3 is 0 Å². The zero-order valence-electron chi connectivity index (χ0n) is 20.6. The molecule has 4 nitrogen and oxygen atoms in total. The molecule has 0 aliphatic carbocycles. The SMILES string of the molecule is Cc1ccc(N=C2S/C(=C/c3ccc(OCc4ccc(Cl)cc4Cl)cc3)C(=O)N2Cc2ccccc2)cc1. The Morgan fingerprint density at radius 2 is 1.66 bits per heavy atom. The average Bonchev–Trinajstić information content (AvgIpc) is 3.19. The number of nitrogens with zero attached hydrogens (tertiary/aromatic N) is 2. The van der Waals surface area contributed by atoms with Crippen LogP contribution in [0.1, 0.15) is 22.3 Å². The zero-order valence-corrected chi connectivity index (χ0v) is 22.9. The fraction of sp³-hybridized carbons (Fsp3) is 0.0968. The Kier molecular flexibility index (Phi) is 8.18. The lowest BCUT2D eigenvalue weighted by atomic mass is 10.2. The number of hydrogen-bond donors (Lipinski definition) is 0. The normalized spacial score (nSPS) is 15.4. The molecular weight excluding hydrogens is 535 g/mol. The molecule has 1 heterocycles. The number of amidine groups is 1. The van der Waals surface area contributed by atoms with Crippen molar-refractivity contribution in [3.8, 4) is 5.75 Å². The molecule has 4 aromatic rings. The molecule has 38 heavy (non-hydrogen) atoms. The van der Waals surface area contributed by atoms with Gasteiger partial charge in [0, 0.05) is 15.6 Å². The van der Waals surface area contributed by atoms with E-state index in [1.54, 1.807) is 17.0 Å². The molecule has 0 atom stereocenters. The maximum absolute atomic E-state index is 13.5. The van der Waals surface area contributed by atoms with Crippen molar-refractivity contribution < 1.29 is 9.53 Å². The van der Waals surface area contributed by atoms with Gasteiger partial charge in [-0.15, -0.1) is 0 Å². The van der Waals surface area contributed by atoms with Gasteiger partial charge in [0.2, 0.25) is 0 Å². The van der Waals surface area contributed by atoms with Crippen LogP contribution in [0.4, 0.5) is 5.69 Å². The van der Waals surface area contributed by atoms with Gasteiger partial charge in [-0.3, -0.25) is 9.69 Å². The molecule has 5 rings (SSSR count). The van der Waals surface area contributed by atoms with Gasteiger partial charge in [0.05, 0.1) is 17.1 Å². The first-order valence-electron chi connectivity index (χ1n) is 12.0. The molecule has 0 spiro atoms. The summed E-state index contributed by atoms with van der Waals surface area (Å²) in [7, 11) is 0. The van der Waals surface area contributed by atoms with Crippen molar-refractivity contribution in [2.45, 2.75) is 20.1 Å². The summed E-state index contributed by atoms with van der Waals surface area (Å²) in [5.74, 6) is 0.637. The number of halogens is 2. The van der Waals surface area contributed by atoms with Crippen LogP contribution in [0, 0.1) is 6.92 Å². The fourth-order valence-electron chi connectivity index (χ4n) is 3.84. The van der Waals surface area contributed by atoms with Gasteiger partial charge in [0.25, 0.3) is 5.91 Å². The number of aryl methyl sites for hydroxylation is 1. The molecule has 1 aliphatic rings. The summed E-state index contributed by atoms with van der Waals surface area (Å²) in [5.41, 5.74) is 4.77. The molecule has 190 valence electrons. The van der Waals surface area contributed by atoms with Crippen molar-refractivity contribution in [3.05, 3.63) is 134 Å². The molecule has 0 aromatic heterocycles. The Bertz CT molecular complexity index is 1500. The van der Waals surface area contributed by atoms with Crippen LogP contribution < -0.4 is 4.74 Å². The Balaban J connectivity index is 1.34. The van der Waals surface area contributed by atoms with Gasteiger partial charge in [0.1, 0.15) is 12.4 Å². The van der Waals surface area contributed by atoms with Crippen molar-refractivity contribution in [2.24, 2.45) is 4.99 Å². The van der Waals surface area contributed by atoms with Crippen LogP contribution >= 0.6 is 35.0 Å². The summed E-state index contributed by atoms with van der Waals surface area (Å²) in [5, 5.41) is 1.82. The monoisotopic (exact) mass is 558 g/mol. The molecule has 0 N–H and O–H groups in total. The summed E-state index contributed by atoms with van der Waals surface area (Å²) in [6, 6.07) is 30.8. The van der Waals surface area contributed by atoms with Crippen LogP contribution in [0.25, 0.3) is 6.08 Å². The van der Waals surface area contributed by atoms with Crippen molar-refractivity contribution in [2.75, 3.05) is 0 Å². The van der Waals surface area contributed by atoms with Crippen LogP contribution in [0.3, 0.4) is 0 Å². The summed E-state index contributed by atoms with van der Waals surface area (Å²) in [6.45, 7) is 2.82. The third-order valence-electron chi connectivity index (χ3n) is 5.92. The largest absolute Gasteiger partial charge is 0.489 e. The minimum absolute atomic E-state index is 0.0672. The summed E-state index contributed by atoms with van der Waals surface area (Å²) in [4.78, 5) is 20.6. The second kappa shape index (κ2) is 11.9. The van der Waals surface area contributed by atoms with Crippen molar-refractivity contribution in [3.63, 3.8) is 0 Å². The van der Waals surface area contributed by atoms with E-state index in [0.29, 0.717) is 39.0 Å². The van der Waals surface area contributed by atoms with Gasteiger partial charge < -0.3 is 4.74 Å².